The van der Waals surface area contributed by atoms with Crippen LogP contribution in [0.5, 0.6) is 5.75 Å². The zero-order chi connectivity index (χ0) is 13.5. The first-order valence-corrected chi connectivity index (χ1v) is 5.23. The van der Waals surface area contributed by atoms with Crippen molar-refractivity contribution in [1.82, 2.24) is 5.32 Å². The van der Waals surface area contributed by atoms with Crippen LogP contribution in [-0.4, -0.2) is 33.4 Å². The van der Waals surface area contributed by atoms with E-state index in [-0.39, 0.29) is 19.2 Å². The Morgan fingerprint density at radius 3 is 2.11 bits per heavy atom. The Morgan fingerprint density at radius 1 is 1.00 bits per heavy atom. The maximum Gasteiger partial charge on any atom is 0.203 e. The Bertz CT molecular complexity index is 375. The Kier molecular flexibility index (Phi) is 5.87. The van der Waals surface area contributed by atoms with Crippen molar-refractivity contribution in [1.29, 1.82) is 0 Å². The van der Waals surface area contributed by atoms with Gasteiger partial charge in [0.25, 0.3) is 0 Å². The van der Waals surface area contributed by atoms with Crippen LogP contribution in [0.4, 0.5) is 17.6 Å². The minimum absolute atomic E-state index is 0.125. The van der Waals surface area contributed by atoms with Gasteiger partial charge in [-0.3, -0.25) is 0 Å². The van der Waals surface area contributed by atoms with Crippen LogP contribution in [0.15, 0.2) is 6.07 Å². The van der Waals surface area contributed by atoms with Crippen LogP contribution in [0.2, 0.25) is 0 Å². The predicted octanol–water partition coefficient (Wildman–Crippen LogP) is 1.86. The fraction of sp³-hybridized carbons (Fsp3) is 0.455. The van der Waals surface area contributed by atoms with E-state index in [1.54, 1.807) is 0 Å². The molecule has 0 atom stereocenters. The van der Waals surface area contributed by atoms with Gasteiger partial charge in [-0.1, -0.05) is 0 Å². The molecule has 7 heteroatoms. The maximum absolute atomic E-state index is 13.1. The Balaban J connectivity index is 2.52. The molecule has 18 heavy (non-hydrogen) atoms. The van der Waals surface area contributed by atoms with Crippen LogP contribution < -0.4 is 10.1 Å². The van der Waals surface area contributed by atoms with Crippen LogP contribution in [0.25, 0.3) is 0 Å². The van der Waals surface area contributed by atoms with Gasteiger partial charge in [-0.2, -0.15) is 8.78 Å². The Labute approximate surface area is 102 Å². The first-order valence-electron chi connectivity index (χ1n) is 5.23. The van der Waals surface area contributed by atoms with E-state index < -0.39 is 29.0 Å². The normalized spacial score (nSPS) is 10.7. The van der Waals surface area contributed by atoms with Gasteiger partial charge in [0.2, 0.25) is 11.6 Å². The number of nitrogens with one attached hydrogen (secondary N) is 1. The summed E-state index contributed by atoms with van der Waals surface area (Å²) in [6.07, 6.45) is 0. The highest BCUT2D eigenvalue weighted by atomic mass is 19.2. The average Bonchev–Trinajstić information content (AvgIpc) is 2.35. The van der Waals surface area contributed by atoms with Crippen molar-refractivity contribution in [2.24, 2.45) is 0 Å². The summed E-state index contributed by atoms with van der Waals surface area (Å²) < 4.78 is 61.3. The van der Waals surface area contributed by atoms with Gasteiger partial charge in [0.1, 0.15) is 6.61 Å². The van der Waals surface area contributed by atoms with Crippen molar-refractivity contribution in [3.05, 3.63) is 29.3 Å². The minimum Gasteiger partial charge on any atom is -0.486 e. The van der Waals surface area contributed by atoms with Crippen LogP contribution in [0.3, 0.4) is 0 Å². The molecular formula is C11H13F4NO2. The van der Waals surface area contributed by atoms with Gasteiger partial charge in [0, 0.05) is 26.3 Å². The van der Waals surface area contributed by atoms with E-state index >= 15 is 0 Å². The smallest absolute Gasteiger partial charge is 0.203 e. The highest BCUT2D eigenvalue weighted by molar-refractivity contribution is 5.28. The molecule has 0 amide bonds. The minimum atomic E-state index is -1.54. The first kappa shape index (κ1) is 14.7. The topological polar surface area (TPSA) is 30.5 Å². The summed E-state index contributed by atoms with van der Waals surface area (Å²) in [6, 6.07) is 0.133. The SMILES string of the molecule is COCCNCCOc1c(F)c(F)cc(F)c1F. The van der Waals surface area contributed by atoms with Crippen LogP contribution in [-0.2, 0) is 4.74 Å². The van der Waals surface area contributed by atoms with E-state index in [9.17, 15) is 17.6 Å². The molecule has 0 saturated heterocycles. The molecule has 3 nitrogen and oxygen atoms in total. The van der Waals surface area contributed by atoms with Crippen LogP contribution >= 0.6 is 0 Å². The van der Waals surface area contributed by atoms with Gasteiger partial charge < -0.3 is 14.8 Å². The number of hydrogen-bond acceptors (Lipinski definition) is 3. The molecule has 0 aliphatic rings. The van der Waals surface area contributed by atoms with Crippen LogP contribution in [0, 0.1) is 23.3 Å². The van der Waals surface area contributed by atoms with Crippen molar-refractivity contribution in [2.75, 3.05) is 33.4 Å². The number of hydrogen-bond donors (Lipinski definition) is 1. The van der Waals surface area contributed by atoms with E-state index in [1.807, 2.05) is 0 Å². The number of ether oxygens (including phenoxy) is 2. The lowest BCUT2D eigenvalue weighted by Gasteiger charge is -2.09. The number of benzene rings is 1. The summed E-state index contributed by atoms with van der Waals surface area (Å²) in [4.78, 5) is 0. The van der Waals surface area contributed by atoms with Crippen LogP contribution in [0.1, 0.15) is 0 Å². The third kappa shape index (κ3) is 3.85. The van der Waals surface area contributed by atoms with E-state index in [0.717, 1.165) is 0 Å². The summed E-state index contributed by atoms with van der Waals surface area (Å²) in [7, 11) is 1.53. The quantitative estimate of drug-likeness (QED) is 0.464. The zero-order valence-electron chi connectivity index (χ0n) is 9.73. The molecule has 0 spiro atoms. The molecule has 0 radical (unpaired) electrons. The lowest BCUT2D eigenvalue weighted by molar-refractivity contribution is 0.195. The van der Waals surface area contributed by atoms with Gasteiger partial charge in [-0.25, -0.2) is 8.78 Å². The van der Waals surface area contributed by atoms with Crippen molar-refractivity contribution < 1.29 is 27.0 Å². The fourth-order valence-corrected chi connectivity index (χ4v) is 1.20. The second-order valence-electron chi connectivity index (χ2n) is 3.39. The average molecular weight is 267 g/mol. The van der Waals surface area contributed by atoms with Crippen molar-refractivity contribution in [2.45, 2.75) is 0 Å². The lowest BCUT2D eigenvalue weighted by atomic mass is 10.3. The molecule has 1 aromatic rings. The molecule has 0 aliphatic carbocycles. The molecular weight excluding hydrogens is 254 g/mol. The summed E-state index contributed by atoms with van der Waals surface area (Å²) in [5.74, 6) is -7.09. The molecule has 0 saturated carbocycles. The summed E-state index contributed by atoms with van der Waals surface area (Å²) in [6.45, 7) is 1.14. The maximum atomic E-state index is 13.1. The summed E-state index contributed by atoms with van der Waals surface area (Å²) >= 11 is 0. The van der Waals surface area contributed by atoms with E-state index in [1.165, 1.54) is 7.11 Å². The largest absolute Gasteiger partial charge is 0.486 e. The number of halogens is 4. The third-order valence-corrected chi connectivity index (χ3v) is 2.08. The van der Waals surface area contributed by atoms with Crippen molar-refractivity contribution >= 4 is 0 Å². The van der Waals surface area contributed by atoms with Gasteiger partial charge >= 0.3 is 0 Å². The number of methoxy groups -OCH3 is 1. The number of rotatable bonds is 7. The van der Waals surface area contributed by atoms with Gasteiger partial charge in [0.05, 0.1) is 6.61 Å². The predicted molar refractivity (Wildman–Crippen MR) is 56.5 cm³/mol. The first-order chi connectivity index (χ1) is 8.57. The van der Waals surface area contributed by atoms with Gasteiger partial charge in [-0.15, -0.1) is 0 Å². The Morgan fingerprint density at radius 2 is 1.56 bits per heavy atom. The monoisotopic (exact) mass is 267 g/mol. The van der Waals surface area contributed by atoms with E-state index in [0.29, 0.717) is 13.2 Å². The van der Waals surface area contributed by atoms with E-state index in [2.05, 4.69) is 10.1 Å². The second-order valence-corrected chi connectivity index (χ2v) is 3.39. The van der Waals surface area contributed by atoms with Gasteiger partial charge in [-0.05, 0) is 0 Å². The molecule has 0 fully saturated rings. The highest BCUT2D eigenvalue weighted by Crippen LogP contribution is 2.26. The second kappa shape index (κ2) is 7.17. The molecule has 1 rings (SSSR count). The Hall–Kier alpha value is -1.34. The molecule has 0 aliphatic heterocycles. The van der Waals surface area contributed by atoms with Crippen molar-refractivity contribution in [3.8, 4) is 5.75 Å². The summed E-state index contributed by atoms with van der Waals surface area (Å²) in [5, 5.41) is 2.84. The molecule has 0 bridgehead atoms. The molecule has 1 N–H and O–H groups in total. The molecule has 0 heterocycles. The summed E-state index contributed by atoms with van der Waals surface area (Å²) in [5.41, 5.74) is 0. The van der Waals surface area contributed by atoms with Crippen molar-refractivity contribution in [3.63, 3.8) is 0 Å². The fourth-order valence-electron chi connectivity index (χ4n) is 1.20. The zero-order valence-corrected chi connectivity index (χ0v) is 9.73. The van der Waals surface area contributed by atoms with Gasteiger partial charge in [0.15, 0.2) is 17.4 Å². The highest BCUT2D eigenvalue weighted by Gasteiger charge is 2.20. The standard InChI is InChI=1S/C11H13F4NO2/c1-17-4-2-16-3-5-18-11-9(14)7(12)6-8(13)10(11)15/h6,16H,2-5H2,1H3. The van der Waals surface area contributed by atoms with E-state index in [4.69, 9.17) is 4.74 Å². The lowest BCUT2D eigenvalue weighted by Crippen LogP contribution is -2.25. The molecule has 0 unspecified atom stereocenters. The molecule has 0 aromatic heterocycles. The third-order valence-electron chi connectivity index (χ3n) is 2.08. The molecule has 102 valence electrons. The molecule has 1 aromatic carbocycles.